The lowest BCUT2D eigenvalue weighted by molar-refractivity contribution is 0.409. The Balaban J connectivity index is 2.30. The summed E-state index contributed by atoms with van der Waals surface area (Å²) in [5, 5.41) is 0. The van der Waals surface area contributed by atoms with Crippen LogP contribution < -0.4 is 4.74 Å². The number of ether oxygens (including phenoxy) is 1. The molecule has 0 saturated heterocycles. The molecule has 0 heterocycles. The van der Waals surface area contributed by atoms with Crippen molar-refractivity contribution in [3.63, 3.8) is 0 Å². The van der Waals surface area contributed by atoms with Crippen LogP contribution in [0.25, 0.3) is 0 Å². The Morgan fingerprint density at radius 1 is 1.05 bits per heavy atom. The molecule has 112 valence electrons. The van der Waals surface area contributed by atoms with Gasteiger partial charge in [0.25, 0.3) is 10.1 Å². The van der Waals surface area contributed by atoms with E-state index in [4.69, 9.17) is 4.74 Å². The fraction of sp³-hybridized carbons (Fsp3) is 0.250. The monoisotopic (exact) mass is 306 g/mol. The Morgan fingerprint density at radius 2 is 1.71 bits per heavy atom. The first-order chi connectivity index (χ1) is 9.91. The van der Waals surface area contributed by atoms with Gasteiger partial charge in [-0.1, -0.05) is 35.9 Å². The van der Waals surface area contributed by atoms with E-state index in [0.29, 0.717) is 18.4 Å². The molecule has 0 bridgehead atoms. The van der Waals surface area contributed by atoms with Gasteiger partial charge in [0, 0.05) is 0 Å². The highest BCUT2D eigenvalue weighted by Gasteiger charge is 2.15. The molecule has 0 aromatic heterocycles. The van der Waals surface area contributed by atoms with E-state index in [-0.39, 0.29) is 4.90 Å². The summed E-state index contributed by atoms with van der Waals surface area (Å²) in [4.78, 5) is -0.0250. The largest absolute Gasteiger partial charge is 0.496 e. The number of hydrogen-bond acceptors (Lipinski definition) is 3. The van der Waals surface area contributed by atoms with Crippen molar-refractivity contribution in [2.24, 2.45) is 0 Å². The summed E-state index contributed by atoms with van der Waals surface area (Å²) in [6, 6.07) is 12.5. The number of para-hydroxylation sites is 1. The number of rotatable bonds is 5. The molecule has 1 N–H and O–H groups in total. The first kappa shape index (κ1) is 15.5. The number of aryl methyl sites for hydroxylation is 3. The van der Waals surface area contributed by atoms with Crippen LogP contribution in [0.4, 0.5) is 0 Å². The smallest absolute Gasteiger partial charge is 0.294 e. The van der Waals surface area contributed by atoms with Crippen molar-refractivity contribution in [2.45, 2.75) is 24.7 Å². The Kier molecular flexibility index (Phi) is 4.65. The minimum Gasteiger partial charge on any atom is -0.496 e. The van der Waals surface area contributed by atoms with Crippen LogP contribution in [0.2, 0.25) is 0 Å². The molecule has 0 saturated carbocycles. The van der Waals surface area contributed by atoms with Crippen LogP contribution in [-0.2, 0) is 23.0 Å². The normalized spacial score (nSPS) is 11.4. The molecule has 0 atom stereocenters. The zero-order valence-electron chi connectivity index (χ0n) is 12.0. The van der Waals surface area contributed by atoms with Crippen LogP contribution in [0, 0.1) is 6.92 Å². The Morgan fingerprint density at radius 3 is 2.38 bits per heavy atom. The van der Waals surface area contributed by atoms with E-state index in [2.05, 4.69) is 0 Å². The molecular weight excluding hydrogens is 288 g/mol. The van der Waals surface area contributed by atoms with E-state index in [1.807, 2.05) is 31.2 Å². The third kappa shape index (κ3) is 3.83. The second-order valence-corrected chi connectivity index (χ2v) is 6.29. The van der Waals surface area contributed by atoms with Crippen molar-refractivity contribution in [1.82, 2.24) is 0 Å². The van der Waals surface area contributed by atoms with E-state index in [9.17, 15) is 13.0 Å². The van der Waals surface area contributed by atoms with Gasteiger partial charge >= 0.3 is 0 Å². The Bertz CT molecular complexity index is 736. The van der Waals surface area contributed by atoms with Gasteiger partial charge in [0.15, 0.2) is 0 Å². The standard InChI is InChI=1S/C16H18O4S/c1-12-7-10-16(21(17,18)19)14(11-12)9-8-13-5-3-4-6-15(13)20-2/h3-7,10-11H,8-9H2,1-2H3,(H,17,18,19). The maximum Gasteiger partial charge on any atom is 0.294 e. The summed E-state index contributed by atoms with van der Waals surface area (Å²) < 4.78 is 37.5. The molecule has 0 aliphatic rings. The summed E-state index contributed by atoms with van der Waals surface area (Å²) >= 11 is 0. The van der Waals surface area contributed by atoms with Gasteiger partial charge < -0.3 is 4.74 Å². The first-order valence-corrected chi connectivity index (χ1v) is 8.04. The van der Waals surface area contributed by atoms with Gasteiger partial charge in [0.05, 0.1) is 12.0 Å². The summed E-state index contributed by atoms with van der Waals surface area (Å²) in [6.07, 6.45) is 1.15. The average molecular weight is 306 g/mol. The third-order valence-electron chi connectivity index (χ3n) is 3.35. The molecule has 0 fully saturated rings. The molecule has 0 radical (unpaired) electrons. The zero-order valence-corrected chi connectivity index (χ0v) is 12.9. The maximum absolute atomic E-state index is 11.4. The van der Waals surface area contributed by atoms with E-state index < -0.39 is 10.1 Å². The van der Waals surface area contributed by atoms with Gasteiger partial charge in [-0.2, -0.15) is 8.42 Å². The lowest BCUT2D eigenvalue weighted by Gasteiger charge is -2.11. The van der Waals surface area contributed by atoms with Gasteiger partial charge in [-0.25, -0.2) is 0 Å². The predicted molar refractivity (Wildman–Crippen MR) is 81.4 cm³/mol. The Labute approximate surface area is 125 Å². The Hall–Kier alpha value is -1.85. The predicted octanol–water partition coefficient (Wildman–Crippen LogP) is 3.04. The van der Waals surface area contributed by atoms with Crippen molar-refractivity contribution in [1.29, 1.82) is 0 Å². The highest BCUT2D eigenvalue weighted by Crippen LogP contribution is 2.23. The van der Waals surface area contributed by atoms with Crippen molar-refractivity contribution < 1.29 is 17.7 Å². The van der Waals surface area contributed by atoms with Crippen molar-refractivity contribution in [3.05, 3.63) is 59.2 Å². The lowest BCUT2D eigenvalue weighted by atomic mass is 10.0. The average Bonchev–Trinajstić information content (AvgIpc) is 2.44. The van der Waals surface area contributed by atoms with Gasteiger partial charge in [-0.05, 0) is 43.0 Å². The van der Waals surface area contributed by atoms with Gasteiger partial charge in [-0.3, -0.25) is 4.55 Å². The highest BCUT2D eigenvalue weighted by molar-refractivity contribution is 7.85. The topological polar surface area (TPSA) is 63.6 Å². The van der Waals surface area contributed by atoms with Crippen molar-refractivity contribution >= 4 is 10.1 Å². The molecule has 0 amide bonds. The maximum atomic E-state index is 11.4. The molecule has 4 nitrogen and oxygen atoms in total. The molecule has 0 aliphatic heterocycles. The van der Waals surface area contributed by atoms with Crippen molar-refractivity contribution in [3.8, 4) is 5.75 Å². The van der Waals surface area contributed by atoms with Crippen LogP contribution >= 0.6 is 0 Å². The molecule has 0 unspecified atom stereocenters. The second kappa shape index (κ2) is 6.28. The van der Waals surface area contributed by atoms with E-state index in [1.54, 1.807) is 19.2 Å². The number of benzene rings is 2. The molecule has 2 rings (SSSR count). The number of methoxy groups -OCH3 is 1. The third-order valence-corrected chi connectivity index (χ3v) is 4.30. The summed E-state index contributed by atoms with van der Waals surface area (Å²) in [6.45, 7) is 1.89. The van der Waals surface area contributed by atoms with E-state index >= 15 is 0 Å². The first-order valence-electron chi connectivity index (χ1n) is 6.60. The summed E-state index contributed by atoms with van der Waals surface area (Å²) in [7, 11) is -2.60. The zero-order chi connectivity index (χ0) is 15.5. The van der Waals surface area contributed by atoms with E-state index in [0.717, 1.165) is 16.9 Å². The minimum atomic E-state index is -4.20. The molecule has 21 heavy (non-hydrogen) atoms. The molecular formula is C16H18O4S. The van der Waals surface area contributed by atoms with Crippen LogP contribution in [0.1, 0.15) is 16.7 Å². The van der Waals surface area contributed by atoms with Crippen LogP contribution in [0.5, 0.6) is 5.75 Å². The second-order valence-electron chi connectivity index (χ2n) is 4.90. The van der Waals surface area contributed by atoms with Gasteiger partial charge in [0.1, 0.15) is 5.75 Å². The number of hydrogen-bond donors (Lipinski definition) is 1. The van der Waals surface area contributed by atoms with E-state index in [1.165, 1.54) is 6.07 Å². The fourth-order valence-corrected chi connectivity index (χ4v) is 3.07. The van der Waals surface area contributed by atoms with Crippen LogP contribution in [0.15, 0.2) is 47.4 Å². The van der Waals surface area contributed by atoms with Crippen LogP contribution in [-0.4, -0.2) is 20.1 Å². The molecule has 0 spiro atoms. The summed E-state index contributed by atoms with van der Waals surface area (Å²) in [5.41, 5.74) is 2.57. The van der Waals surface area contributed by atoms with Crippen LogP contribution in [0.3, 0.4) is 0 Å². The van der Waals surface area contributed by atoms with Gasteiger partial charge in [-0.15, -0.1) is 0 Å². The lowest BCUT2D eigenvalue weighted by Crippen LogP contribution is -2.05. The quantitative estimate of drug-likeness (QED) is 0.862. The SMILES string of the molecule is COc1ccccc1CCc1cc(C)ccc1S(=O)(=O)O. The minimum absolute atomic E-state index is 0.0250. The van der Waals surface area contributed by atoms with Gasteiger partial charge in [0.2, 0.25) is 0 Å². The molecule has 0 aliphatic carbocycles. The fourth-order valence-electron chi connectivity index (χ4n) is 2.33. The molecule has 2 aromatic carbocycles. The van der Waals surface area contributed by atoms with Crippen molar-refractivity contribution in [2.75, 3.05) is 7.11 Å². The summed E-state index contributed by atoms with van der Waals surface area (Å²) in [5.74, 6) is 0.776. The molecule has 5 heteroatoms. The molecule has 2 aromatic rings. The highest BCUT2D eigenvalue weighted by atomic mass is 32.2.